The first kappa shape index (κ1) is 20.5. The first-order valence-electron chi connectivity index (χ1n) is 11.1. The summed E-state index contributed by atoms with van der Waals surface area (Å²) in [5, 5.41) is 3.55. The Morgan fingerprint density at radius 3 is 2.73 bits per heavy atom. The molecule has 4 atom stereocenters. The molecule has 5 nitrogen and oxygen atoms in total. The van der Waals surface area contributed by atoms with Crippen LogP contribution in [0, 0.1) is 11.7 Å². The second-order valence-electron chi connectivity index (χ2n) is 8.95. The number of hydrogen-bond acceptors (Lipinski definition) is 4. The fourth-order valence-corrected chi connectivity index (χ4v) is 6.39. The van der Waals surface area contributed by atoms with Crippen LogP contribution >= 0.6 is 11.6 Å². The minimum absolute atomic E-state index is 0.0381. The van der Waals surface area contributed by atoms with E-state index in [1.807, 2.05) is 24.3 Å². The van der Waals surface area contributed by atoms with E-state index < -0.39 is 17.3 Å². The van der Waals surface area contributed by atoms with Crippen LogP contribution in [0.5, 0.6) is 0 Å². The number of hydrogen-bond donors (Lipinski definition) is 1. The number of pyridine rings is 1. The van der Waals surface area contributed by atoms with E-state index in [1.165, 1.54) is 12.1 Å². The Morgan fingerprint density at radius 1 is 1.15 bits per heavy atom. The SMILES string of the molecule is O=C(c1ccccn1)[C@@H]1[C@H](c2ccc(Cl)cc2)[C@H]2CCCN2[C@]12C(=O)Nc1ccc(F)cc12. The summed E-state index contributed by atoms with van der Waals surface area (Å²) >= 11 is 6.16. The molecular weight excluding hydrogens is 441 g/mol. The smallest absolute Gasteiger partial charge is 0.250 e. The Morgan fingerprint density at radius 2 is 1.97 bits per heavy atom. The van der Waals surface area contributed by atoms with Crippen molar-refractivity contribution in [2.24, 2.45) is 5.92 Å². The molecule has 6 rings (SSSR count). The second-order valence-corrected chi connectivity index (χ2v) is 9.38. The van der Waals surface area contributed by atoms with E-state index in [0.29, 0.717) is 28.5 Å². The number of benzene rings is 2. The van der Waals surface area contributed by atoms with E-state index in [2.05, 4.69) is 15.2 Å². The number of ketones is 1. The van der Waals surface area contributed by atoms with Crippen LogP contribution in [0.15, 0.2) is 66.9 Å². The first-order chi connectivity index (χ1) is 16.0. The van der Waals surface area contributed by atoms with Crippen molar-refractivity contribution >= 4 is 29.0 Å². The molecule has 166 valence electrons. The number of aromatic nitrogens is 1. The fourth-order valence-electron chi connectivity index (χ4n) is 6.26. The third-order valence-corrected chi connectivity index (χ3v) is 7.67. The van der Waals surface area contributed by atoms with Crippen molar-refractivity contribution in [2.45, 2.75) is 30.3 Å². The number of carbonyl (C=O) groups is 2. The minimum atomic E-state index is -1.29. The average molecular weight is 462 g/mol. The third kappa shape index (κ3) is 2.84. The van der Waals surface area contributed by atoms with Crippen LogP contribution in [-0.2, 0) is 10.3 Å². The van der Waals surface area contributed by atoms with E-state index in [1.54, 1.807) is 30.5 Å². The van der Waals surface area contributed by atoms with Gasteiger partial charge in [-0.05, 0) is 67.4 Å². The summed E-state index contributed by atoms with van der Waals surface area (Å²) in [6.45, 7) is 0.657. The zero-order valence-electron chi connectivity index (χ0n) is 17.7. The van der Waals surface area contributed by atoms with Crippen LogP contribution in [0.2, 0.25) is 5.02 Å². The zero-order valence-corrected chi connectivity index (χ0v) is 18.4. The summed E-state index contributed by atoms with van der Waals surface area (Å²) < 4.78 is 14.5. The standard InChI is InChI=1S/C26H21ClFN3O2/c27-16-8-6-15(7-9-16)22-21-5-3-13-31(21)26(23(22)24(32)20-4-1-2-12-29-20)18-14-17(28)10-11-19(18)30-25(26)33/h1-2,4,6-12,14,21-23H,3,5,13H2,(H,30,33)/t21-,22-,23+,26+/m1/s1. The second kappa shape index (κ2) is 7.47. The highest BCUT2D eigenvalue weighted by Crippen LogP contribution is 2.61. The largest absolute Gasteiger partial charge is 0.324 e. The molecule has 33 heavy (non-hydrogen) atoms. The Kier molecular flexibility index (Phi) is 4.64. The molecule has 0 saturated carbocycles. The maximum atomic E-state index is 14.5. The number of rotatable bonds is 3. The number of amides is 1. The summed E-state index contributed by atoms with van der Waals surface area (Å²) in [6.07, 6.45) is 3.33. The lowest BCUT2D eigenvalue weighted by Crippen LogP contribution is -2.53. The summed E-state index contributed by atoms with van der Waals surface area (Å²) in [4.78, 5) is 34.4. The lowest BCUT2D eigenvalue weighted by Gasteiger charge is -2.36. The van der Waals surface area contributed by atoms with Gasteiger partial charge < -0.3 is 5.32 Å². The van der Waals surface area contributed by atoms with Gasteiger partial charge in [0.2, 0.25) is 5.91 Å². The molecule has 0 unspecified atom stereocenters. The van der Waals surface area contributed by atoms with Gasteiger partial charge in [-0.1, -0.05) is 29.8 Å². The molecule has 3 aliphatic heterocycles. The lowest BCUT2D eigenvalue weighted by atomic mass is 9.69. The molecule has 1 amide bonds. The van der Waals surface area contributed by atoms with Crippen molar-refractivity contribution in [1.82, 2.24) is 9.88 Å². The molecule has 1 spiro atoms. The Bertz CT molecular complexity index is 1270. The molecule has 0 aliphatic carbocycles. The molecule has 0 radical (unpaired) electrons. The average Bonchev–Trinajstić information content (AvgIpc) is 3.48. The molecule has 4 heterocycles. The van der Waals surface area contributed by atoms with E-state index in [9.17, 15) is 14.0 Å². The van der Waals surface area contributed by atoms with E-state index in [-0.39, 0.29) is 23.7 Å². The van der Waals surface area contributed by atoms with E-state index >= 15 is 0 Å². The quantitative estimate of drug-likeness (QED) is 0.570. The van der Waals surface area contributed by atoms with Gasteiger partial charge in [-0.3, -0.25) is 19.5 Å². The minimum Gasteiger partial charge on any atom is -0.324 e. The number of nitrogens with one attached hydrogen (secondary N) is 1. The number of halogens is 2. The van der Waals surface area contributed by atoms with Gasteiger partial charge in [0.15, 0.2) is 5.78 Å². The predicted molar refractivity (Wildman–Crippen MR) is 123 cm³/mol. The van der Waals surface area contributed by atoms with Crippen molar-refractivity contribution in [3.8, 4) is 0 Å². The normalized spacial score (nSPS) is 28.1. The van der Waals surface area contributed by atoms with Crippen molar-refractivity contribution < 1.29 is 14.0 Å². The first-order valence-corrected chi connectivity index (χ1v) is 11.5. The van der Waals surface area contributed by atoms with E-state index in [4.69, 9.17) is 11.6 Å². The molecule has 2 aromatic carbocycles. The molecule has 1 N–H and O–H groups in total. The highest BCUT2D eigenvalue weighted by atomic mass is 35.5. The van der Waals surface area contributed by atoms with Gasteiger partial charge in [0.05, 0.1) is 5.92 Å². The molecule has 3 aliphatic rings. The summed E-state index contributed by atoms with van der Waals surface area (Å²) in [5.41, 5.74) is 1.05. The summed E-state index contributed by atoms with van der Waals surface area (Å²) in [5.74, 6) is -1.95. The maximum absolute atomic E-state index is 14.5. The fraction of sp³-hybridized carbons (Fsp3) is 0.269. The van der Waals surface area contributed by atoms with Crippen molar-refractivity contribution in [3.05, 3.63) is 94.5 Å². The van der Waals surface area contributed by atoms with Crippen LogP contribution in [0.1, 0.15) is 40.4 Å². The Labute approximate surface area is 195 Å². The molecular formula is C26H21ClFN3O2. The van der Waals surface area contributed by atoms with Gasteiger partial charge in [0, 0.05) is 34.4 Å². The molecule has 7 heteroatoms. The number of anilines is 1. The monoisotopic (exact) mass is 461 g/mol. The van der Waals surface area contributed by atoms with Crippen LogP contribution in [0.25, 0.3) is 0 Å². The third-order valence-electron chi connectivity index (χ3n) is 7.42. The van der Waals surface area contributed by atoms with Gasteiger partial charge in [0.25, 0.3) is 0 Å². The molecule has 1 aromatic heterocycles. The van der Waals surface area contributed by atoms with Gasteiger partial charge >= 0.3 is 0 Å². The number of fused-ring (bicyclic) bond motifs is 4. The highest BCUT2D eigenvalue weighted by Gasteiger charge is 2.69. The van der Waals surface area contributed by atoms with Crippen LogP contribution < -0.4 is 5.32 Å². The van der Waals surface area contributed by atoms with Crippen molar-refractivity contribution in [3.63, 3.8) is 0 Å². The molecule has 2 fully saturated rings. The zero-order chi connectivity index (χ0) is 22.7. The number of Topliss-reactive ketones (excluding diaryl/α,β-unsaturated/α-hetero) is 1. The van der Waals surface area contributed by atoms with Crippen LogP contribution in [0.4, 0.5) is 10.1 Å². The lowest BCUT2D eigenvalue weighted by molar-refractivity contribution is -0.127. The van der Waals surface area contributed by atoms with Crippen LogP contribution in [0.3, 0.4) is 0 Å². The van der Waals surface area contributed by atoms with Gasteiger partial charge in [-0.2, -0.15) is 0 Å². The summed E-state index contributed by atoms with van der Waals surface area (Å²) in [7, 11) is 0. The Hall–Kier alpha value is -3.09. The number of nitrogens with zero attached hydrogens (tertiary/aromatic N) is 2. The molecule has 3 aromatic rings. The predicted octanol–water partition coefficient (Wildman–Crippen LogP) is 4.78. The topological polar surface area (TPSA) is 62.3 Å². The van der Waals surface area contributed by atoms with Gasteiger partial charge in [-0.25, -0.2) is 4.39 Å². The van der Waals surface area contributed by atoms with Gasteiger partial charge in [-0.15, -0.1) is 0 Å². The van der Waals surface area contributed by atoms with Crippen molar-refractivity contribution in [2.75, 3.05) is 11.9 Å². The highest BCUT2D eigenvalue weighted by molar-refractivity contribution is 6.30. The molecule has 2 saturated heterocycles. The van der Waals surface area contributed by atoms with Gasteiger partial charge in [0.1, 0.15) is 17.1 Å². The maximum Gasteiger partial charge on any atom is 0.250 e. The van der Waals surface area contributed by atoms with Crippen molar-refractivity contribution in [1.29, 1.82) is 0 Å². The van der Waals surface area contributed by atoms with E-state index in [0.717, 1.165) is 18.4 Å². The van der Waals surface area contributed by atoms with Crippen LogP contribution in [-0.4, -0.2) is 34.2 Å². The molecule has 0 bridgehead atoms. The Balaban J connectivity index is 1.63. The number of carbonyl (C=O) groups excluding carboxylic acids is 2. The summed E-state index contributed by atoms with van der Waals surface area (Å²) in [6, 6.07) is 17.0.